The van der Waals surface area contributed by atoms with Gasteiger partial charge in [-0.2, -0.15) is 0 Å². The van der Waals surface area contributed by atoms with E-state index in [1.165, 1.54) is 0 Å². The zero-order chi connectivity index (χ0) is 9.80. The summed E-state index contributed by atoms with van der Waals surface area (Å²) in [5.74, 6) is 1.68. The summed E-state index contributed by atoms with van der Waals surface area (Å²) in [7, 11) is 0. The van der Waals surface area contributed by atoms with Gasteiger partial charge < -0.3 is 5.73 Å². The smallest absolute Gasteiger partial charge is 0.156 e. The van der Waals surface area contributed by atoms with E-state index in [1.807, 2.05) is 10.8 Å². The maximum atomic E-state index is 5.48. The van der Waals surface area contributed by atoms with Crippen LogP contribution < -0.4 is 5.73 Å². The van der Waals surface area contributed by atoms with Gasteiger partial charge in [0, 0.05) is 31.2 Å². The third kappa shape index (κ3) is 1.62. The quantitative estimate of drug-likeness (QED) is 0.746. The van der Waals surface area contributed by atoms with Crippen LogP contribution in [-0.2, 0) is 6.42 Å². The highest BCUT2D eigenvalue weighted by Gasteiger charge is 2.03. The maximum Gasteiger partial charge on any atom is 0.156 e. The van der Waals surface area contributed by atoms with E-state index in [-0.39, 0.29) is 0 Å². The molecule has 0 aliphatic heterocycles. The highest BCUT2D eigenvalue weighted by atomic mass is 15.1. The Labute approximate surface area is 81.6 Å². The van der Waals surface area contributed by atoms with E-state index in [2.05, 4.69) is 15.0 Å². The molecule has 2 aromatic heterocycles. The van der Waals surface area contributed by atoms with Crippen molar-refractivity contribution in [2.45, 2.75) is 6.42 Å². The van der Waals surface area contributed by atoms with Crippen molar-refractivity contribution in [1.29, 1.82) is 0 Å². The molecule has 2 N–H and O–H groups in total. The first-order valence-corrected chi connectivity index (χ1v) is 4.40. The molecule has 0 spiro atoms. The number of nitrogens with two attached hydrogens (primary N) is 1. The first kappa shape index (κ1) is 8.83. The van der Waals surface area contributed by atoms with Crippen LogP contribution >= 0.6 is 0 Å². The van der Waals surface area contributed by atoms with Crippen molar-refractivity contribution < 1.29 is 0 Å². The molecule has 0 amide bonds. The lowest BCUT2D eigenvalue weighted by atomic mass is 10.4. The predicted molar refractivity (Wildman–Crippen MR) is 51.9 cm³/mol. The average molecular weight is 189 g/mol. The molecular weight excluding hydrogens is 178 g/mol. The fraction of sp³-hybridized carbons (Fsp3) is 0.222. The molecule has 2 aromatic rings. The van der Waals surface area contributed by atoms with Crippen LogP contribution in [0.25, 0.3) is 5.82 Å². The van der Waals surface area contributed by atoms with Crippen molar-refractivity contribution >= 4 is 0 Å². The molecule has 72 valence electrons. The minimum Gasteiger partial charge on any atom is -0.330 e. The fourth-order valence-corrected chi connectivity index (χ4v) is 1.27. The Bertz CT molecular complexity index is 395. The van der Waals surface area contributed by atoms with Gasteiger partial charge in [-0.1, -0.05) is 0 Å². The molecule has 5 nitrogen and oxygen atoms in total. The number of nitrogens with zero attached hydrogens (tertiary/aromatic N) is 4. The highest BCUT2D eigenvalue weighted by molar-refractivity contribution is 5.20. The van der Waals surface area contributed by atoms with Gasteiger partial charge in [-0.3, -0.25) is 9.55 Å². The molecule has 0 saturated heterocycles. The van der Waals surface area contributed by atoms with Crippen molar-refractivity contribution in [1.82, 2.24) is 19.5 Å². The molecule has 0 saturated carbocycles. The maximum absolute atomic E-state index is 5.48. The monoisotopic (exact) mass is 189 g/mol. The number of hydrogen-bond donors (Lipinski definition) is 1. The van der Waals surface area contributed by atoms with E-state index < -0.39 is 0 Å². The largest absolute Gasteiger partial charge is 0.330 e. The molecule has 2 rings (SSSR count). The lowest BCUT2D eigenvalue weighted by molar-refractivity contribution is 0.819. The Morgan fingerprint density at radius 2 is 2.14 bits per heavy atom. The lowest BCUT2D eigenvalue weighted by Crippen LogP contribution is -2.09. The SMILES string of the molecule is NCCc1nccn1-c1cnccn1. The zero-order valence-corrected chi connectivity index (χ0v) is 7.67. The molecule has 0 unspecified atom stereocenters. The summed E-state index contributed by atoms with van der Waals surface area (Å²) in [6, 6.07) is 0. The van der Waals surface area contributed by atoms with Crippen LogP contribution in [0.1, 0.15) is 5.82 Å². The van der Waals surface area contributed by atoms with Gasteiger partial charge in [0.05, 0.1) is 6.20 Å². The van der Waals surface area contributed by atoms with Crippen LogP contribution in [0, 0.1) is 0 Å². The fourth-order valence-electron chi connectivity index (χ4n) is 1.27. The van der Waals surface area contributed by atoms with Crippen LogP contribution in [-0.4, -0.2) is 26.1 Å². The molecule has 0 atom stereocenters. The van der Waals surface area contributed by atoms with E-state index in [9.17, 15) is 0 Å². The van der Waals surface area contributed by atoms with Gasteiger partial charge in [0.25, 0.3) is 0 Å². The van der Waals surface area contributed by atoms with Gasteiger partial charge in [0.2, 0.25) is 0 Å². The van der Waals surface area contributed by atoms with Crippen molar-refractivity contribution in [2.75, 3.05) is 6.54 Å². The van der Waals surface area contributed by atoms with E-state index >= 15 is 0 Å². The predicted octanol–water partition coefficient (Wildman–Crippen LogP) is 0.163. The van der Waals surface area contributed by atoms with Gasteiger partial charge >= 0.3 is 0 Å². The van der Waals surface area contributed by atoms with Crippen LogP contribution in [0.15, 0.2) is 31.0 Å². The Balaban J connectivity index is 2.37. The molecule has 0 aliphatic rings. The molecule has 5 heteroatoms. The highest BCUT2D eigenvalue weighted by Crippen LogP contribution is 2.05. The standard InChI is InChI=1S/C9H11N5/c10-2-1-8-13-5-6-14(8)9-7-11-3-4-12-9/h3-7H,1-2,10H2. The molecule has 2 heterocycles. The third-order valence-corrected chi connectivity index (χ3v) is 1.88. The van der Waals surface area contributed by atoms with Gasteiger partial charge in [-0.05, 0) is 6.54 Å². The molecule has 0 fully saturated rings. The van der Waals surface area contributed by atoms with Crippen molar-refractivity contribution in [2.24, 2.45) is 5.73 Å². The second kappa shape index (κ2) is 3.97. The third-order valence-electron chi connectivity index (χ3n) is 1.88. The van der Waals surface area contributed by atoms with Crippen LogP contribution in [0.5, 0.6) is 0 Å². The number of rotatable bonds is 3. The topological polar surface area (TPSA) is 69.6 Å². The second-order valence-electron chi connectivity index (χ2n) is 2.82. The zero-order valence-electron chi connectivity index (χ0n) is 7.67. The van der Waals surface area contributed by atoms with Crippen molar-refractivity contribution in [3.8, 4) is 5.82 Å². The number of hydrogen-bond acceptors (Lipinski definition) is 4. The van der Waals surface area contributed by atoms with Gasteiger partial charge in [-0.15, -0.1) is 0 Å². The van der Waals surface area contributed by atoms with Gasteiger partial charge in [0.1, 0.15) is 5.82 Å². The average Bonchev–Trinajstić information content (AvgIpc) is 2.68. The number of imidazole rings is 1. The minimum atomic E-state index is 0.581. The van der Waals surface area contributed by atoms with Crippen LogP contribution in [0.4, 0.5) is 0 Å². The summed E-state index contributed by atoms with van der Waals surface area (Å²) >= 11 is 0. The Morgan fingerprint density at radius 1 is 1.21 bits per heavy atom. The van der Waals surface area contributed by atoms with E-state index in [4.69, 9.17) is 5.73 Å². The Kier molecular flexibility index (Phi) is 2.51. The summed E-state index contributed by atoms with van der Waals surface area (Å²) in [5, 5.41) is 0. The van der Waals surface area contributed by atoms with Gasteiger partial charge in [-0.25, -0.2) is 9.97 Å². The summed E-state index contributed by atoms with van der Waals surface area (Å²) in [6.07, 6.45) is 9.32. The van der Waals surface area contributed by atoms with E-state index in [0.717, 1.165) is 18.1 Å². The van der Waals surface area contributed by atoms with Gasteiger partial charge in [0.15, 0.2) is 5.82 Å². The first-order chi connectivity index (χ1) is 6.92. The van der Waals surface area contributed by atoms with Crippen molar-refractivity contribution in [3.05, 3.63) is 36.8 Å². The molecular formula is C9H11N5. The van der Waals surface area contributed by atoms with Crippen LogP contribution in [0.2, 0.25) is 0 Å². The normalized spacial score (nSPS) is 10.4. The Morgan fingerprint density at radius 3 is 2.86 bits per heavy atom. The summed E-state index contributed by atoms with van der Waals surface area (Å²) in [6.45, 7) is 0.581. The van der Waals surface area contributed by atoms with Crippen molar-refractivity contribution in [3.63, 3.8) is 0 Å². The molecule has 0 aliphatic carbocycles. The molecule has 14 heavy (non-hydrogen) atoms. The van der Waals surface area contributed by atoms with E-state index in [0.29, 0.717) is 6.54 Å². The van der Waals surface area contributed by atoms with Crippen LogP contribution in [0.3, 0.4) is 0 Å². The molecule has 0 bridgehead atoms. The summed E-state index contributed by atoms with van der Waals surface area (Å²) in [4.78, 5) is 12.4. The molecule has 0 radical (unpaired) electrons. The molecule has 0 aromatic carbocycles. The Hall–Kier alpha value is -1.75. The second-order valence-corrected chi connectivity index (χ2v) is 2.82. The number of aromatic nitrogens is 4. The summed E-state index contributed by atoms with van der Waals surface area (Å²) < 4.78 is 1.89. The van der Waals surface area contributed by atoms with E-state index in [1.54, 1.807) is 24.8 Å². The minimum absolute atomic E-state index is 0.581. The first-order valence-electron chi connectivity index (χ1n) is 4.40. The lowest BCUT2D eigenvalue weighted by Gasteiger charge is -2.04. The summed E-state index contributed by atoms with van der Waals surface area (Å²) in [5.41, 5.74) is 5.48.